The number of nitrogens with zero attached hydrogens (tertiary/aromatic N) is 4. The Morgan fingerprint density at radius 1 is 1.39 bits per heavy atom. The summed E-state index contributed by atoms with van der Waals surface area (Å²) in [6.45, 7) is 3.06. The van der Waals surface area contributed by atoms with Crippen LogP contribution in [0.15, 0.2) is 10.9 Å². The molecule has 0 spiro atoms. The largest absolute Gasteiger partial charge is 0.379 e. The molecule has 2 bridgehead atoms. The zero-order chi connectivity index (χ0) is 15.7. The van der Waals surface area contributed by atoms with Gasteiger partial charge in [-0.25, -0.2) is 4.98 Å². The summed E-state index contributed by atoms with van der Waals surface area (Å²) < 4.78 is 7.26. The Kier molecular flexibility index (Phi) is 2.89. The van der Waals surface area contributed by atoms with Gasteiger partial charge in [-0.3, -0.25) is 4.79 Å². The number of methoxy groups -OCH3 is 1. The van der Waals surface area contributed by atoms with Gasteiger partial charge in [-0.1, -0.05) is 18.3 Å². The third-order valence-corrected chi connectivity index (χ3v) is 6.93. The van der Waals surface area contributed by atoms with E-state index in [4.69, 9.17) is 4.74 Å². The van der Waals surface area contributed by atoms with Gasteiger partial charge in [0.05, 0.1) is 12.1 Å². The molecule has 23 heavy (non-hydrogen) atoms. The van der Waals surface area contributed by atoms with Gasteiger partial charge in [0, 0.05) is 25.4 Å². The molecule has 3 heterocycles. The smallest absolute Gasteiger partial charge is 0.275 e. The zero-order valence-corrected chi connectivity index (χ0v) is 14.1. The van der Waals surface area contributed by atoms with E-state index < -0.39 is 0 Å². The Morgan fingerprint density at radius 2 is 2.26 bits per heavy atom. The third-order valence-electron chi connectivity index (χ3n) is 5.98. The third kappa shape index (κ3) is 1.80. The lowest BCUT2D eigenvalue weighted by molar-refractivity contribution is 0.0447. The molecule has 5 atom stereocenters. The minimum Gasteiger partial charge on any atom is -0.379 e. The summed E-state index contributed by atoms with van der Waals surface area (Å²) in [5.74, 6) is 2.19. The molecule has 6 nitrogen and oxygen atoms in total. The van der Waals surface area contributed by atoms with Gasteiger partial charge in [-0.15, -0.1) is 5.10 Å². The molecule has 2 aromatic heterocycles. The highest BCUT2D eigenvalue weighted by Gasteiger charge is 2.60. The maximum absolute atomic E-state index is 12.2. The van der Waals surface area contributed by atoms with Crippen molar-refractivity contribution < 1.29 is 4.74 Å². The Balaban J connectivity index is 1.59. The number of fused-ring (bicyclic) bond motifs is 2. The molecule has 1 saturated heterocycles. The summed E-state index contributed by atoms with van der Waals surface area (Å²) in [5.41, 5.74) is 0.756. The van der Waals surface area contributed by atoms with Gasteiger partial charge in [0.25, 0.3) is 5.56 Å². The fourth-order valence-corrected chi connectivity index (χ4v) is 6.06. The second-order valence-electron chi connectivity index (χ2n) is 7.02. The van der Waals surface area contributed by atoms with Crippen LogP contribution in [0, 0.1) is 17.8 Å². The van der Waals surface area contributed by atoms with E-state index in [1.807, 2.05) is 14.0 Å². The molecule has 3 aliphatic rings. The number of rotatable bonds is 3. The first-order chi connectivity index (χ1) is 11.2. The van der Waals surface area contributed by atoms with Gasteiger partial charge in [-0.2, -0.15) is 4.52 Å². The van der Waals surface area contributed by atoms with E-state index in [-0.39, 0.29) is 5.56 Å². The van der Waals surface area contributed by atoms with Crippen molar-refractivity contribution in [3.05, 3.63) is 22.1 Å². The lowest BCUT2D eigenvalue weighted by Crippen LogP contribution is -2.42. The maximum Gasteiger partial charge on any atom is 0.275 e. The Hall–Kier alpha value is -1.47. The predicted molar refractivity (Wildman–Crippen MR) is 88.1 cm³/mol. The topological polar surface area (TPSA) is 59.7 Å². The first-order valence-corrected chi connectivity index (χ1v) is 9.20. The molecular weight excluding hydrogens is 312 g/mol. The van der Waals surface area contributed by atoms with E-state index in [9.17, 15) is 4.79 Å². The summed E-state index contributed by atoms with van der Waals surface area (Å²) in [7, 11) is 1.83. The van der Waals surface area contributed by atoms with Gasteiger partial charge in [0.1, 0.15) is 0 Å². The number of hydrogen-bond donors (Lipinski definition) is 0. The van der Waals surface area contributed by atoms with Crippen LogP contribution in [-0.4, -0.2) is 40.4 Å². The normalized spacial score (nSPS) is 34.9. The average molecular weight is 332 g/mol. The average Bonchev–Trinajstić information content (AvgIpc) is 3.25. The minimum absolute atomic E-state index is 0.0795. The quantitative estimate of drug-likeness (QED) is 0.854. The summed E-state index contributed by atoms with van der Waals surface area (Å²) >= 11 is 1.53. The van der Waals surface area contributed by atoms with Crippen molar-refractivity contribution >= 4 is 21.4 Å². The predicted octanol–water partition coefficient (Wildman–Crippen LogP) is 1.57. The molecule has 0 unspecified atom stereocenters. The van der Waals surface area contributed by atoms with Crippen LogP contribution in [0.2, 0.25) is 0 Å². The highest BCUT2D eigenvalue weighted by molar-refractivity contribution is 7.20. The van der Waals surface area contributed by atoms with Crippen molar-refractivity contribution in [1.82, 2.24) is 14.6 Å². The van der Waals surface area contributed by atoms with Gasteiger partial charge < -0.3 is 9.64 Å². The Morgan fingerprint density at radius 3 is 3.04 bits per heavy atom. The molecule has 7 heteroatoms. The number of ether oxygens (including phenoxy) is 1. The maximum atomic E-state index is 12.2. The van der Waals surface area contributed by atoms with E-state index in [0.29, 0.717) is 23.0 Å². The van der Waals surface area contributed by atoms with Crippen molar-refractivity contribution in [2.45, 2.75) is 38.3 Å². The second kappa shape index (κ2) is 4.77. The molecular formula is C16H20N4O2S. The molecule has 3 fully saturated rings. The van der Waals surface area contributed by atoms with Gasteiger partial charge in [0.15, 0.2) is 0 Å². The van der Waals surface area contributed by atoms with Crippen LogP contribution in [0.25, 0.3) is 4.96 Å². The van der Waals surface area contributed by atoms with Gasteiger partial charge in [0.2, 0.25) is 10.1 Å². The molecule has 0 N–H and O–H groups in total. The van der Waals surface area contributed by atoms with Crippen LogP contribution >= 0.6 is 11.3 Å². The highest BCUT2D eigenvalue weighted by atomic mass is 32.1. The van der Waals surface area contributed by atoms with Crippen LogP contribution in [0.4, 0.5) is 5.13 Å². The second-order valence-corrected chi connectivity index (χ2v) is 7.95. The molecule has 122 valence electrons. The summed E-state index contributed by atoms with van der Waals surface area (Å²) in [6.07, 6.45) is 3.64. The van der Waals surface area contributed by atoms with Crippen LogP contribution in [-0.2, 0) is 11.2 Å². The lowest BCUT2D eigenvalue weighted by atomic mass is 9.88. The molecule has 1 aliphatic heterocycles. The van der Waals surface area contributed by atoms with Crippen molar-refractivity contribution in [2.24, 2.45) is 17.8 Å². The minimum atomic E-state index is -0.0795. The monoisotopic (exact) mass is 332 g/mol. The fraction of sp³-hybridized carbons (Fsp3) is 0.688. The van der Waals surface area contributed by atoms with Crippen LogP contribution in [0.5, 0.6) is 0 Å². The van der Waals surface area contributed by atoms with Crippen molar-refractivity contribution in [2.75, 3.05) is 18.6 Å². The highest BCUT2D eigenvalue weighted by Crippen LogP contribution is 2.56. The number of aryl methyl sites for hydroxylation is 1. The zero-order valence-electron chi connectivity index (χ0n) is 13.3. The van der Waals surface area contributed by atoms with Crippen LogP contribution in [0.3, 0.4) is 0 Å². The molecule has 0 aromatic carbocycles. The standard InChI is InChI=1S/C16H20N4O2S/c1-3-10-6-12(21)20-15(17-10)23-16(18-20)19-7-9-4-8-5-11(9)13(19)14(8)22-2/h6,8-9,11,13-14H,3-5,7H2,1-2H3/t8-,9-,11+,13+,14-/m0/s1. The molecule has 2 aliphatic carbocycles. The van der Waals surface area contributed by atoms with Crippen LogP contribution < -0.4 is 10.5 Å². The molecule has 2 aromatic rings. The molecule has 5 rings (SSSR count). The Bertz CT molecular complexity index is 829. The fourth-order valence-electron chi connectivity index (χ4n) is 5.08. The van der Waals surface area contributed by atoms with E-state index in [1.165, 1.54) is 28.7 Å². The van der Waals surface area contributed by atoms with Crippen molar-refractivity contribution in [3.8, 4) is 0 Å². The SMILES string of the molecule is CCc1cc(=O)n2nc(N3C[C@@H]4C[C@H]5C[C@H]4[C@@H]3[C@H]5OC)sc2n1. The first kappa shape index (κ1) is 13.9. The van der Waals surface area contributed by atoms with Crippen LogP contribution in [0.1, 0.15) is 25.5 Å². The van der Waals surface area contributed by atoms with E-state index in [0.717, 1.165) is 35.6 Å². The lowest BCUT2D eigenvalue weighted by Gasteiger charge is -2.30. The molecule has 0 radical (unpaired) electrons. The summed E-state index contributed by atoms with van der Waals surface area (Å²) in [6, 6.07) is 2.01. The molecule has 0 amide bonds. The van der Waals surface area contributed by atoms with Crippen molar-refractivity contribution in [1.29, 1.82) is 0 Å². The first-order valence-electron chi connectivity index (χ1n) is 8.38. The van der Waals surface area contributed by atoms with Crippen molar-refractivity contribution in [3.63, 3.8) is 0 Å². The van der Waals surface area contributed by atoms with E-state index in [2.05, 4.69) is 15.0 Å². The number of hydrogen-bond acceptors (Lipinski definition) is 6. The summed E-state index contributed by atoms with van der Waals surface area (Å²) in [5, 5.41) is 5.50. The number of anilines is 1. The number of aromatic nitrogens is 3. The van der Waals surface area contributed by atoms with Gasteiger partial charge >= 0.3 is 0 Å². The molecule has 2 saturated carbocycles. The van der Waals surface area contributed by atoms with Gasteiger partial charge in [-0.05, 0) is 37.0 Å². The van der Waals surface area contributed by atoms with E-state index in [1.54, 1.807) is 6.07 Å². The summed E-state index contributed by atoms with van der Waals surface area (Å²) in [4.78, 5) is 19.9. The van der Waals surface area contributed by atoms with E-state index >= 15 is 0 Å². The Labute approximate surface area is 138 Å².